The fourth-order valence-corrected chi connectivity index (χ4v) is 3.31. The molecule has 0 saturated heterocycles. The number of halogens is 1. The Morgan fingerprint density at radius 1 is 1.25 bits per heavy atom. The Bertz CT molecular complexity index is 838. The van der Waals surface area contributed by atoms with E-state index in [0.29, 0.717) is 17.1 Å². The molecule has 2 heterocycles. The number of carbonyl (C=O) groups excluding carboxylic acids is 1. The lowest BCUT2D eigenvalue weighted by Gasteiger charge is -2.07. The summed E-state index contributed by atoms with van der Waals surface area (Å²) in [5.41, 5.74) is 3.21. The summed E-state index contributed by atoms with van der Waals surface area (Å²) in [4.78, 5) is 13.5. The van der Waals surface area contributed by atoms with Crippen LogP contribution in [0.4, 0.5) is 0 Å². The third-order valence-corrected chi connectivity index (χ3v) is 5.30. The van der Waals surface area contributed by atoms with Crippen molar-refractivity contribution in [2.75, 3.05) is 6.54 Å². The van der Waals surface area contributed by atoms with Crippen LogP contribution >= 0.6 is 22.9 Å². The molecule has 4 nitrogen and oxygen atoms in total. The zero-order valence-corrected chi connectivity index (χ0v) is 15.1. The van der Waals surface area contributed by atoms with Crippen LogP contribution in [0.1, 0.15) is 26.6 Å². The minimum absolute atomic E-state index is 0.0653. The highest BCUT2D eigenvalue weighted by atomic mass is 35.5. The molecule has 2 aromatic heterocycles. The minimum Gasteiger partial charge on any atom is -0.352 e. The van der Waals surface area contributed by atoms with Gasteiger partial charge in [-0.25, -0.2) is 4.68 Å². The number of hydrogen-bond donors (Lipinski definition) is 1. The van der Waals surface area contributed by atoms with Gasteiger partial charge in [0.25, 0.3) is 5.91 Å². The number of aryl methyl sites for hydroxylation is 1. The van der Waals surface area contributed by atoms with Crippen molar-refractivity contribution in [3.63, 3.8) is 0 Å². The molecule has 0 saturated carbocycles. The van der Waals surface area contributed by atoms with Crippen LogP contribution in [0.25, 0.3) is 5.69 Å². The van der Waals surface area contributed by atoms with Crippen molar-refractivity contribution in [2.45, 2.75) is 20.3 Å². The number of carbonyl (C=O) groups is 1. The van der Waals surface area contributed by atoms with E-state index in [0.717, 1.165) is 23.5 Å². The van der Waals surface area contributed by atoms with E-state index in [1.54, 1.807) is 28.2 Å². The molecule has 1 aromatic carbocycles. The van der Waals surface area contributed by atoms with E-state index in [4.69, 9.17) is 11.6 Å². The fraction of sp³-hybridized carbons (Fsp3) is 0.222. The fourth-order valence-electron chi connectivity index (χ4n) is 2.49. The molecule has 0 aliphatic heterocycles. The van der Waals surface area contributed by atoms with E-state index in [1.165, 1.54) is 4.88 Å². The average Bonchev–Trinajstić information content (AvgIpc) is 3.19. The first-order chi connectivity index (χ1) is 11.6. The molecule has 0 unspecified atom stereocenters. The molecule has 124 valence electrons. The monoisotopic (exact) mass is 359 g/mol. The maximum atomic E-state index is 12.2. The van der Waals surface area contributed by atoms with Gasteiger partial charge in [0, 0.05) is 17.0 Å². The Labute approximate surface area is 150 Å². The molecule has 0 spiro atoms. The number of hydrogen-bond acceptors (Lipinski definition) is 3. The normalized spacial score (nSPS) is 10.8. The van der Waals surface area contributed by atoms with E-state index in [9.17, 15) is 4.79 Å². The summed E-state index contributed by atoms with van der Waals surface area (Å²) in [7, 11) is 0. The number of nitrogens with one attached hydrogen (secondary N) is 1. The maximum absolute atomic E-state index is 12.2. The second kappa shape index (κ2) is 7.20. The van der Waals surface area contributed by atoms with Gasteiger partial charge in [-0.1, -0.05) is 17.7 Å². The Morgan fingerprint density at radius 3 is 2.58 bits per heavy atom. The lowest BCUT2D eigenvalue weighted by Crippen LogP contribution is -2.25. The summed E-state index contributed by atoms with van der Waals surface area (Å²) in [6.45, 7) is 4.43. The van der Waals surface area contributed by atoms with E-state index in [1.807, 2.05) is 37.4 Å². The van der Waals surface area contributed by atoms with Gasteiger partial charge in [0.1, 0.15) is 0 Å². The number of rotatable bonds is 5. The summed E-state index contributed by atoms with van der Waals surface area (Å²) in [6.07, 6.45) is 0.853. The number of aromatic nitrogens is 2. The zero-order valence-electron chi connectivity index (χ0n) is 13.5. The van der Waals surface area contributed by atoms with Gasteiger partial charge in [0.15, 0.2) is 0 Å². The third kappa shape index (κ3) is 3.52. The van der Waals surface area contributed by atoms with Crippen molar-refractivity contribution >= 4 is 28.8 Å². The Hall–Kier alpha value is -2.11. The molecule has 1 N–H and O–H groups in total. The van der Waals surface area contributed by atoms with Crippen molar-refractivity contribution in [1.82, 2.24) is 15.1 Å². The molecule has 1 amide bonds. The van der Waals surface area contributed by atoms with E-state index in [-0.39, 0.29) is 5.91 Å². The van der Waals surface area contributed by atoms with Crippen LogP contribution in [0.2, 0.25) is 5.02 Å². The van der Waals surface area contributed by atoms with E-state index >= 15 is 0 Å². The first-order valence-electron chi connectivity index (χ1n) is 7.69. The average molecular weight is 360 g/mol. The van der Waals surface area contributed by atoms with Crippen molar-refractivity contribution < 1.29 is 4.79 Å². The van der Waals surface area contributed by atoms with Crippen LogP contribution in [0.5, 0.6) is 0 Å². The molecule has 0 radical (unpaired) electrons. The number of thiophene rings is 1. The van der Waals surface area contributed by atoms with Crippen molar-refractivity contribution in [3.05, 3.63) is 68.6 Å². The predicted octanol–water partition coefficient (Wildman–Crippen LogP) is 4.18. The molecule has 0 aliphatic rings. The van der Waals surface area contributed by atoms with Crippen LogP contribution < -0.4 is 5.32 Å². The highest BCUT2D eigenvalue weighted by molar-refractivity contribution is 7.09. The summed E-state index contributed by atoms with van der Waals surface area (Å²) in [5, 5.41) is 10.1. The molecule has 6 heteroatoms. The van der Waals surface area contributed by atoms with Crippen LogP contribution in [0.15, 0.2) is 41.8 Å². The molecular weight excluding hydrogens is 342 g/mol. The van der Waals surface area contributed by atoms with Gasteiger partial charge in [0.2, 0.25) is 0 Å². The molecule has 3 aromatic rings. The Kier molecular flexibility index (Phi) is 5.02. The lowest BCUT2D eigenvalue weighted by molar-refractivity contribution is 0.0954. The molecular formula is C18H18ClN3OS. The molecule has 0 atom stereocenters. The molecule has 0 bridgehead atoms. The summed E-state index contributed by atoms with van der Waals surface area (Å²) < 4.78 is 1.79. The second-order valence-corrected chi connectivity index (χ2v) is 6.94. The molecule has 0 aliphatic carbocycles. The molecule has 0 fully saturated rings. The first-order valence-corrected chi connectivity index (χ1v) is 8.95. The van der Waals surface area contributed by atoms with Crippen molar-refractivity contribution in [2.24, 2.45) is 0 Å². The number of nitrogens with zero attached hydrogens (tertiary/aromatic N) is 2. The largest absolute Gasteiger partial charge is 0.352 e. The lowest BCUT2D eigenvalue weighted by atomic mass is 10.2. The quantitative estimate of drug-likeness (QED) is 0.743. The van der Waals surface area contributed by atoms with Gasteiger partial charge in [-0.2, -0.15) is 5.10 Å². The van der Waals surface area contributed by atoms with E-state index < -0.39 is 0 Å². The van der Waals surface area contributed by atoms with Gasteiger partial charge >= 0.3 is 0 Å². The van der Waals surface area contributed by atoms with Crippen LogP contribution in [0, 0.1) is 13.8 Å². The topological polar surface area (TPSA) is 46.9 Å². The van der Waals surface area contributed by atoms with Gasteiger partial charge in [0.05, 0.1) is 22.1 Å². The number of benzene rings is 1. The number of amides is 1. The highest BCUT2D eigenvalue weighted by Gasteiger charge is 2.11. The summed E-state index contributed by atoms with van der Waals surface area (Å²) in [5.74, 6) is -0.0653. The Balaban J connectivity index is 1.65. The van der Waals surface area contributed by atoms with Gasteiger partial charge in [-0.05, 0) is 56.0 Å². The van der Waals surface area contributed by atoms with Crippen LogP contribution in [0.3, 0.4) is 0 Å². The molecule has 3 rings (SSSR count). The summed E-state index contributed by atoms with van der Waals surface area (Å²) in [6, 6.07) is 11.5. The standard InChI is InChI=1S/C18H18ClN3OS/c1-12-17(19)13(2)22(21-12)15-7-5-14(6-8-15)18(23)20-10-9-16-4-3-11-24-16/h3-8,11H,9-10H2,1-2H3,(H,20,23). The second-order valence-electron chi connectivity index (χ2n) is 5.53. The van der Waals surface area contributed by atoms with Gasteiger partial charge in [-0.15, -0.1) is 11.3 Å². The predicted molar refractivity (Wildman–Crippen MR) is 98.4 cm³/mol. The zero-order chi connectivity index (χ0) is 17.1. The minimum atomic E-state index is -0.0653. The van der Waals surface area contributed by atoms with Crippen LogP contribution in [-0.4, -0.2) is 22.2 Å². The van der Waals surface area contributed by atoms with Crippen molar-refractivity contribution in [1.29, 1.82) is 0 Å². The summed E-state index contributed by atoms with van der Waals surface area (Å²) >= 11 is 7.89. The van der Waals surface area contributed by atoms with Crippen LogP contribution in [-0.2, 0) is 6.42 Å². The van der Waals surface area contributed by atoms with E-state index in [2.05, 4.69) is 16.5 Å². The molecule has 24 heavy (non-hydrogen) atoms. The van der Waals surface area contributed by atoms with Gasteiger partial charge < -0.3 is 5.32 Å². The highest BCUT2D eigenvalue weighted by Crippen LogP contribution is 2.22. The van der Waals surface area contributed by atoms with Crippen molar-refractivity contribution in [3.8, 4) is 5.69 Å². The third-order valence-electron chi connectivity index (χ3n) is 3.81. The smallest absolute Gasteiger partial charge is 0.251 e. The Morgan fingerprint density at radius 2 is 2.00 bits per heavy atom. The van der Waals surface area contributed by atoms with Gasteiger partial charge in [-0.3, -0.25) is 4.79 Å². The maximum Gasteiger partial charge on any atom is 0.251 e. The first kappa shape index (κ1) is 16.7. The SMILES string of the molecule is Cc1nn(-c2ccc(C(=O)NCCc3cccs3)cc2)c(C)c1Cl.